The third-order valence-corrected chi connectivity index (χ3v) is 2.78. The molecule has 0 bridgehead atoms. The molecule has 0 aliphatic carbocycles. The molecular weight excluding hydrogens is 202 g/mol. The van der Waals surface area contributed by atoms with Crippen molar-refractivity contribution in [2.75, 3.05) is 24.6 Å². The van der Waals surface area contributed by atoms with Crippen LogP contribution in [0.2, 0.25) is 0 Å². The minimum Gasteiger partial charge on any atom is -0.384 e. The normalized spacial score (nSPS) is 20.8. The van der Waals surface area contributed by atoms with Gasteiger partial charge in [0, 0.05) is 24.3 Å². The predicted octanol–water partition coefficient (Wildman–Crippen LogP) is 1.20. The molecule has 0 aromatic heterocycles. The standard InChI is InChI=1S/C12H17N3O/c1-9-8-15(6-7-16-9)11-5-3-2-4-10(11)12(13)14/h2-5,9H,6-8H2,1H3,(H3,13,14). The molecule has 1 heterocycles. The molecule has 0 spiro atoms. The van der Waals surface area contributed by atoms with Crippen molar-refractivity contribution in [3.63, 3.8) is 0 Å². The van der Waals surface area contributed by atoms with Gasteiger partial charge < -0.3 is 15.4 Å². The molecular formula is C12H17N3O. The number of nitrogen functional groups attached to an aromatic ring is 1. The number of anilines is 1. The van der Waals surface area contributed by atoms with Gasteiger partial charge in [-0.15, -0.1) is 0 Å². The minimum atomic E-state index is 0.120. The van der Waals surface area contributed by atoms with Crippen LogP contribution in [-0.2, 0) is 4.74 Å². The van der Waals surface area contributed by atoms with Crippen LogP contribution in [0.5, 0.6) is 0 Å². The SMILES string of the molecule is CC1CN(c2ccccc2C(=N)N)CCO1. The van der Waals surface area contributed by atoms with Gasteiger partial charge in [0.25, 0.3) is 0 Å². The summed E-state index contributed by atoms with van der Waals surface area (Å²) in [6.07, 6.45) is 0.230. The van der Waals surface area contributed by atoms with Crippen molar-refractivity contribution in [2.45, 2.75) is 13.0 Å². The predicted molar refractivity (Wildman–Crippen MR) is 65.1 cm³/mol. The van der Waals surface area contributed by atoms with E-state index in [1.165, 1.54) is 0 Å². The summed E-state index contributed by atoms with van der Waals surface area (Å²) in [5.74, 6) is 0.120. The second-order valence-corrected chi connectivity index (χ2v) is 4.06. The van der Waals surface area contributed by atoms with Crippen LogP contribution < -0.4 is 10.6 Å². The maximum atomic E-state index is 7.56. The van der Waals surface area contributed by atoms with Gasteiger partial charge in [0.1, 0.15) is 5.84 Å². The fraction of sp³-hybridized carbons (Fsp3) is 0.417. The van der Waals surface area contributed by atoms with E-state index in [0.29, 0.717) is 0 Å². The third kappa shape index (κ3) is 2.17. The first-order chi connectivity index (χ1) is 7.68. The van der Waals surface area contributed by atoms with Gasteiger partial charge in [0.05, 0.1) is 12.7 Å². The Balaban J connectivity index is 2.28. The molecule has 1 aliphatic heterocycles. The molecule has 16 heavy (non-hydrogen) atoms. The molecule has 1 fully saturated rings. The summed E-state index contributed by atoms with van der Waals surface area (Å²) in [4.78, 5) is 2.23. The lowest BCUT2D eigenvalue weighted by molar-refractivity contribution is 0.0532. The lowest BCUT2D eigenvalue weighted by Crippen LogP contribution is -2.42. The van der Waals surface area contributed by atoms with Crippen molar-refractivity contribution in [3.8, 4) is 0 Å². The molecule has 1 aromatic carbocycles. The van der Waals surface area contributed by atoms with Crippen LogP contribution >= 0.6 is 0 Å². The fourth-order valence-corrected chi connectivity index (χ4v) is 2.01. The summed E-state index contributed by atoms with van der Waals surface area (Å²) < 4.78 is 5.50. The van der Waals surface area contributed by atoms with Crippen molar-refractivity contribution in [3.05, 3.63) is 29.8 Å². The van der Waals surface area contributed by atoms with E-state index < -0.39 is 0 Å². The van der Waals surface area contributed by atoms with E-state index in [0.717, 1.165) is 30.9 Å². The smallest absolute Gasteiger partial charge is 0.124 e. The number of ether oxygens (including phenoxy) is 1. The molecule has 0 radical (unpaired) electrons. The van der Waals surface area contributed by atoms with Crippen molar-refractivity contribution in [1.29, 1.82) is 5.41 Å². The molecule has 1 saturated heterocycles. The largest absolute Gasteiger partial charge is 0.384 e. The van der Waals surface area contributed by atoms with Crippen LogP contribution in [0.25, 0.3) is 0 Å². The highest BCUT2D eigenvalue weighted by Gasteiger charge is 2.19. The van der Waals surface area contributed by atoms with Crippen LogP contribution in [0.1, 0.15) is 12.5 Å². The number of nitrogens with one attached hydrogen (secondary N) is 1. The molecule has 4 heteroatoms. The number of hydrogen-bond acceptors (Lipinski definition) is 3. The van der Waals surface area contributed by atoms with Gasteiger partial charge >= 0.3 is 0 Å². The molecule has 0 saturated carbocycles. The quantitative estimate of drug-likeness (QED) is 0.580. The second kappa shape index (κ2) is 4.53. The fourth-order valence-electron chi connectivity index (χ4n) is 2.01. The van der Waals surface area contributed by atoms with Crippen LogP contribution in [0.4, 0.5) is 5.69 Å². The summed E-state index contributed by atoms with van der Waals surface area (Å²) in [6.45, 7) is 4.49. The monoisotopic (exact) mass is 219 g/mol. The van der Waals surface area contributed by atoms with Gasteiger partial charge in [-0.1, -0.05) is 12.1 Å². The zero-order chi connectivity index (χ0) is 11.5. The van der Waals surface area contributed by atoms with E-state index in [9.17, 15) is 0 Å². The number of rotatable bonds is 2. The van der Waals surface area contributed by atoms with Gasteiger partial charge in [-0.3, -0.25) is 5.41 Å². The summed E-state index contributed by atoms with van der Waals surface area (Å²) in [6, 6.07) is 7.78. The zero-order valence-electron chi connectivity index (χ0n) is 9.44. The first kappa shape index (κ1) is 11.0. The highest BCUT2D eigenvalue weighted by atomic mass is 16.5. The Morgan fingerprint density at radius 2 is 2.25 bits per heavy atom. The number of amidine groups is 1. The maximum absolute atomic E-state index is 7.56. The van der Waals surface area contributed by atoms with Gasteiger partial charge in [-0.2, -0.15) is 0 Å². The van der Waals surface area contributed by atoms with E-state index in [2.05, 4.69) is 11.8 Å². The minimum absolute atomic E-state index is 0.120. The molecule has 2 rings (SSSR count). The maximum Gasteiger partial charge on any atom is 0.124 e. The highest BCUT2D eigenvalue weighted by Crippen LogP contribution is 2.22. The lowest BCUT2D eigenvalue weighted by Gasteiger charge is -2.34. The van der Waals surface area contributed by atoms with E-state index in [4.69, 9.17) is 15.9 Å². The number of benzene rings is 1. The van der Waals surface area contributed by atoms with Crippen LogP contribution in [-0.4, -0.2) is 31.6 Å². The number of morpholine rings is 1. The van der Waals surface area contributed by atoms with Crippen molar-refractivity contribution in [2.24, 2.45) is 5.73 Å². The molecule has 4 nitrogen and oxygen atoms in total. The summed E-state index contributed by atoms with van der Waals surface area (Å²) in [7, 11) is 0. The Morgan fingerprint density at radius 1 is 1.50 bits per heavy atom. The molecule has 86 valence electrons. The van der Waals surface area contributed by atoms with Crippen LogP contribution in [0.15, 0.2) is 24.3 Å². The molecule has 3 N–H and O–H groups in total. The molecule has 1 aliphatic rings. The van der Waals surface area contributed by atoms with Crippen molar-refractivity contribution >= 4 is 11.5 Å². The third-order valence-electron chi connectivity index (χ3n) is 2.78. The number of para-hydroxylation sites is 1. The topological polar surface area (TPSA) is 62.3 Å². The first-order valence-corrected chi connectivity index (χ1v) is 5.48. The van der Waals surface area contributed by atoms with E-state index in [1.54, 1.807) is 0 Å². The Bertz CT molecular complexity index is 392. The lowest BCUT2D eigenvalue weighted by atomic mass is 10.1. The molecule has 1 atom stereocenters. The van der Waals surface area contributed by atoms with E-state index >= 15 is 0 Å². The van der Waals surface area contributed by atoms with Gasteiger partial charge in [0.15, 0.2) is 0 Å². The molecule has 1 aromatic rings. The second-order valence-electron chi connectivity index (χ2n) is 4.06. The van der Waals surface area contributed by atoms with Crippen LogP contribution in [0.3, 0.4) is 0 Å². The van der Waals surface area contributed by atoms with Gasteiger partial charge in [0.2, 0.25) is 0 Å². The number of hydrogen-bond donors (Lipinski definition) is 2. The highest BCUT2D eigenvalue weighted by molar-refractivity contribution is 6.00. The van der Waals surface area contributed by atoms with Crippen molar-refractivity contribution in [1.82, 2.24) is 0 Å². The average Bonchev–Trinajstić information content (AvgIpc) is 2.29. The summed E-state index contributed by atoms with van der Waals surface area (Å²) in [5.41, 5.74) is 7.42. The van der Waals surface area contributed by atoms with Crippen LogP contribution in [0, 0.1) is 5.41 Å². The molecule has 1 unspecified atom stereocenters. The Morgan fingerprint density at radius 3 is 2.94 bits per heavy atom. The van der Waals surface area contributed by atoms with E-state index in [1.807, 2.05) is 24.3 Å². The number of nitrogens with zero attached hydrogens (tertiary/aromatic N) is 1. The first-order valence-electron chi connectivity index (χ1n) is 5.48. The summed E-state index contributed by atoms with van der Waals surface area (Å²) >= 11 is 0. The Labute approximate surface area is 95.5 Å². The molecule has 0 amide bonds. The van der Waals surface area contributed by atoms with E-state index in [-0.39, 0.29) is 11.9 Å². The Kier molecular flexibility index (Phi) is 3.10. The summed E-state index contributed by atoms with van der Waals surface area (Å²) in [5, 5.41) is 7.56. The van der Waals surface area contributed by atoms with Gasteiger partial charge in [-0.25, -0.2) is 0 Å². The number of nitrogens with two attached hydrogens (primary N) is 1. The average molecular weight is 219 g/mol. The van der Waals surface area contributed by atoms with Gasteiger partial charge in [-0.05, 0) is 19.1 Å². The Hall–Kier alpha value is -1.55. The zero-order valence-corrected chi connectivity index (χ0v) is 9.44. The van der Waals surface area contributed by atoms with Crippen molar-refractivity contribution < 1.29 is 4.74 Å².